The third-order valence-electron chi connectivity index (χ3n) is 2.80. The monoisotopic (exact) mass is 239 g/mol. The maximum atomic E-state index is 5.98. The lowest BCUT2D eigenvalue weighted by molar-refractivity contribution is 0.127. The minimum Gasteiger partial charge on any atom is -0.497 e. The molecule has 0 radical (unpaired) electrons. The van der Waals surface area contributed by atoms with Crippen LogP contribution in [0.4, 0.5) is 5.69 Å². The van der Waals surface area contributed by atoms with Crippen molar-refractivity contribution in [2.24, 2.45) is 0 Å². The molecule has 0 bridgehead atoms. The highest BCUT2D eigenvalue weighted by atomic mass is 32.2. The van der Waals surface area contributed by atoms with Gasteiger partial charge in [0.1, 0.15) is 5.75 Å². The number of nitrogen functional groups attached to an aromatic ring is 1. The van der Waals surface area contributed by atoms with Crippen LogP contribution in [-0.2, 0) is 4.74 Å². The number of thioether (sulfide) groups is 1. The third kappa shape index (κ3) is 2.44. The van der Waals surface area contributed by atoms with Crippen molar-refractivity contribution in [2.75, 3.05) is 19.5 Å². The molecule has 2 rings (SSSR count). The molecule has 2 atom stereocenters. The summed E-state index contributed by atoms with van der Waals surface area (Å²) < 4.78 is 10.7. The van der Waals surface area contributed by atoms with E-state index in [-0.39, 0.29) is 0 Å². The van der Waals surface area contributed by atoms with E-state index < -0.39 is 0 Å². The summed E-state index contributed by atoms with van der Waals surface area (Å²) in [5.41, 5.74) is 6.76. The van der Waals surface area contributed by atoms with E-state index in [1.165, 1.54) is 0 Å². The van der Waals surface area contributed by atoms with E-state index in [4.69, 9.17) is 15.2 Å². The lowest BCUT2D eigenvalue weighted by Gasteiger charge is -2.15. The van der Waals surface area contributed by atoms with Gasteiger partial charge in [0, 0.05) is 28.5 Å². The second-order valence-electron chi connectivity index (χ2n) is 3.92. The normalized spacial score (nSPS) is 24.6. The number of hydrogen-bond acceptors (Lipinski definition) is 4. The summed E-state index contributed by atoms with van der Waals surface area (Å²) in [4.78, 5) is 1.11. The van der Waals surface area contributed by atoms with E-state index in [0.29, 0.717) is 11.4 Å². The molecular formula is C12H17NO2S. The van der Waals surface area contributed by atoms with Crippen molar-refractivity contribution in [1.29, 1.82) is 0 Å². The van der Waals surface area contributed by atoms with Crippen molar-refractivity contribution < 1.29 is 9.47 Å². The van der Waals surface area contributed by atoms with E-state index >= 15 is 0 Å². The van der Waals surface area contributed by atoms with Crippen LogP contribution < -0.4 is 10.5 Å². The maximum Gasteiger partial charge on any atom is 0.120 e. The van der Waals surface area contributed by atoms with Crippen molar-refractivity contribution in [3.8, 4) is 5.75 Å². The Morgan fingerprint density at radius 2 is 2.31 bits per heavy atom. The first kappa shape index (κ1) is 11.6. The smallest absolute Gasteiger partial charge is 0.120 e. The summed E-state index contributed by atoms with van der Waals surface area (Å²) >= 11 is 1.80. The Morgan fingerprint density at radius 3 is 2.88 bits per heavy atom. The first-order valence-corrected chi connectivity index (χ1v) is 6.30. The maximum absolute atomic E-state index is 5.98. The van der Waals surface area contributed by atoms with Gasteiger partial charge in [0.05, 0.1) is 13.2 Å². The first-order valence-electron chi connectivity index (χ1n) is 5.42. The number of rotatable bonds is 3. The summed E-state index contributed by atoms with van der Waals surface area (Å²) in [5.74, 6) is 0.803. The Morgan fingerprint density at radius 1 is 1.50 bits per heavy atom. The van der Waals surface area contributed by atoms with E-state index in [9.17, 15) is 0 Å². The van der Waals surface area contributed by atoms with Crippen LogP contribution in [0.5, 0.6) is 5.75 Å². The molecule has 0 aliphatic carbocycles. The molecule has 0 saturated carbocycles. The van der Waals surface area contributed by atoms with Crippen LogP contribution in [0.2, 0.25) is 0 Å². The zero-order valence-electron chi connectivity index (χ0n) is 9.60. The second-order valence-corrected chi connectivity index (χ2v) is 5.21. The fourth-order valence-electron chi connectivity index (χ4n) is 1.79. The van der Waals surface area contributed by atoms with Crippen molar-refractivity contribution in [3.63, 3.8) is 0 Å². The first-order chi connectivity index (χ1) is 7.70. The molecule has 1 aliphatic heterocycles. The summed E-state index contributed by atoms with van der Waals surface area (Å²) in [5, 5.41) is 0.510. The Bertz CT molecular complexity index is 370. The van der Waals surface area contributed by atoms with E-state index in [2.05, 4.69) is 6.92 Å². The third-order valence-corrected chi connectivity index (χ3v) is 4.35. The fourth-order valence-corrected chi connectivity index (χ4v) is 2.94. The Kier molecular flexibility index (Phi) is 3.61. The number of hydrogen-bond donors (Lipinski definition) is 1. The molecule has 0 spiro atoms. The minimum absolute atomic E-state index is 0.312. The number of ether oxygens (including phenoxy) is 2. The van der Waals surface area contributed by atoms with Crippen molar-refractivity contribution in [2.45, 2.75) is 29.6 Å². The topological polar surface area (TPSA) is 44.5 Å². The molecule has 1 saturated heterocycles. The molecule has 0 aromatic heterocycles. The molecule has 4 heteroatoms. The van der Waals surface area contributed by atoms with E-state index in [1.54, 1.807) is 18.9 Å². The van der Waals surface area contributed by atoms with Crippen molar-refractivity contribution >= 4 is 17.4 Å². The standard InChI is InChI=1S/C12H17NO2S/c1-8-11(5-6-15-8)16-12-4-3-9(14-2)7-10(12)13/h3-4,7-8,11H,5-6,13H2,1-2H3. The molecule has 1 aromatic carbocycles. The van der Waals surface area contributed by atoms with Crippen molar-refractivity contribution in [1.82, 2.24) is 0 Å². The Balaban J connectivity index is 2.09. The Hall–Kier alpha value is -0.870. The van der Waals surface area contributed by atoms with Gasteiger partial charge in [0.15, 0.2) is 0 Å². The quantitative estimate of drug-likeness (QED) is 0.823. The van der Waals surface area contributed by atoms with E-state index in [0.717, 1.165) is 29.4 Å². The summed E-state index contributed by atoms with van der Waals surface area (Å²) in [6.07, 6.45) is 1.41. The predicted octanol–water partition coefficient (Wildman–Crippen LogP) is 2.55. The minimum atomic E-state index is 0.312. The molecule has 1 heterocycles. The van der Waals surface area contributed by atoms with Gasteiger partial charge in [0.2, 0.25) is 0 Å². The van der Waals surface area contributed by atoms with Crippen LogP contribution in [0.25, 0.3) is 0 Å². The van der Waals surface area contributed by atoms with E-state index in [1.807, 2.05) is 18.2 Å². The molecule has 1 fully saturated rings. The van der Waals surface area contributed by atoms with Gasteiger partial charge in [-0.2, -0.15) is 0 Å². The van der Waals surface area contributed by atoms with Gasteiger partial charge in [-0.3, -0.25) is 0 Å². The SMILES string of the molecule is COc1ccc(SC2CCOC2C)c(N)c1. The predicted molar refractivity (Wildman–Crippen MR) is 67.1 cm³/mol. The van der Waals surface area contributed by atoms with Gasteiger partial charge >= 0.3 is 0 Å². The molecule has 16 heavy (non-hydrogen) atoms. The van der Waals surface area contributed by atoms with Crippen LogP contribution in [0.15, 0.2) is 23.1 Å². The number of anilines is 1. The number of nitrogens with two attached hydrogens (primary N) is 1. The summed E-state index contributed by atoms with van der Waals surface area (Å²) in [6, 6.07) is 5.83. The largest absolute Gasteiger partial charge is 0.497 e. The average molecular weight is 239 g/mol. The molecule has 88 valence electrons. The van der Waals surface area contributed by atoms with Gasteiger partial charge in [0.25, 0.3) is 0 Å². The molecule has 0 amide bonds. The van der Waals surface area contributed by atoms with Gasteiger partial charge in [-0.05, 0) is 25.5 Å². The summed E-state index contributed by atoms with van der Waals surface area (Å²) in [7, 11) is 1.65. The van der Waals surface area contributed by atoms with Gasteiger partial charge in [-0.15, -0.1) is 11.8 Å². The molecule has 3 nitrogen and oxygen atoms in total. The van der Waals surface area contributed by atoms with Gasteiger partial charge in [-0.25, -0.2) is 0 Å². The highest BCUT2D eigenvalue weighted by molar-refractivity contribution is 8.00. The molecule has 2 unspecified atom stereocenters. The van der Waals surface area contributed by atoms with Gasteiger partial charge < -0.3 is 15.2 Å². The summed E-state index contributed by atoms with van der Waals surface area (Å²) in [6.45, 7) is 2.97. The molecular weight excluding hydrogens is 222 g/mol. The zero-order chi connectivity index (χ0) is 11.5. The van der Waals surface area contributed by atoms with Gasteiger partial charge in [-0.1, -0.05) is 0 Å². The van der Waals surface area contributed by atoms with Crippen LogP contribution in [-0.4, -0.2) is 25.1 Å². The van der Waals surface area contributed by atoms with Crippen LogP contribution in [0, 0.1) is 0 Å². The fraction of sp³-hybridized carbons (Fsp3) is 0.500. The lowest BCUT2D eigenvalue weighted by atomic mass is 10.2. The zero-order valence-corrected chi connectivity index (χ0v) is 10.4. The van der Waals surface area contributed by atoms with Crippen LogP contribution in [0.3, 0.4) is 0 Å². The highest BCUT2D eigenvalue weighted by Gasteiger charge is 2.25. The second kappa shape index (κ2) is 4.97. The van der Waals surface area contributed by atoms with Crippen LogP contribution in [0.1, 0.15) is 13.3 Å². The van der Waals surface area contributed by atoms with Crippen molar-refractivity contribution in [3.05, 3.63) is 18.2 Å². The highest BCUT2D eigenvalue weighted by Crippen LogP contribution is 2.36. The van der Waals surface area contributed by atoms with Crippen LogP contribution >= 0.6 is 11.8 Å². The number of benzene rings is 1. The molecule has 2 N–H and O–H groups in total. The molecule has 1 aliphatic rings. The number of methoxy groups -OCH3 is 1. The lowest BCUT2D eigenvalue weighted by Crippen LogP contribution is -2.13. The Labute approximate surface area is 100 Å². The average Bonchev–Trinajstić information content (AvgIpc) is 2.67. The molecule has 1 aromatic rings.